The molecule has 0 amide bonds. The molecule has 0 N–H and O–H groups in total. The molecular weight excluding hydrogens is 272 g/mol. The molecule has 0 heterocycles. The van der Waals surface area contributed by atoms with E-state index < -0.39 is 8.32 Å². The van der Waals surface area contributed by atoms with Crippen LogP contribution in [0.15, 0.2) is 0 Å². The monoisotopic (exact) mass is 312 g/mol. The maximum absolute atomic E-state index is 7.15. The summed E-state index contributed by atoms with van der Waals surface area (Å²) in [5.74, 6) is 2.35. The van der Waals surface area contributed by atoms with Crippen molar-refractivity contribution in [3.8, 4) is 0 Å². The average Bonchev–Trinajstić information content (AvgIpc) is 2.34. The van der Waals surface area contributed by atoms with Gasteiger partial charge in [0.1, 0.15) is 0 Å². The quantitative estimate of drug-likeness (QED) is 0.499. The molecule has 0 spiro atoms. The van der Waals surface area contributed by atoms with Crippen molar-refractivity contribution >= 4 is 8.32 Å². The molecule has 0 radical (unpaired) electrons. The zero-order valence-corrected chi connectivity index (χ0v) is 17.1. The van der Waals surface area contributed by atoms with Crippen LogP contribution in [-0.2, 0) is 4.43 Å². The van der Waals surface area contributed by atoms with Gasteiger partial charge in [-0.25, -0.2) is 0 Å². The van der Waals surface area contributed by atoms with Crippen LogP contribution in [0.2, 0.25) is 16.6 Å². The maximum Gasteiger partial charge on any atom is 0.200 e. The summed E-state index contributed by atoms with van der Waals surface area (Å²) in [6.07, 6.45) is 4.54. The Morgan fingerprint density at radius 1 is 0.810 bits per heavy atom. The minimum atomic E-state index is -1.73. The fourth-order valence-corrected chi connectivity index (χ4v) is 10.5. The summed E-state index contributed by atoms with van der Waals surface area (Å²) in [5, 5.41) is 0. The van der Waals surface area contributed by atoms with E-state index in [4.69, 9.17) is 4.43 Å². The summed E-state index contributed by atoms with van der Waals surface area (Å²) < 4.78 is 7.15. The second-order valence-electron chi connectivity index (χ2n) is 8.80. The lowest BCUT2D eigenvalue weighted by molar-refractivity contribution is 0.0323. The average molecular weight is 313 g/mol. The van der Waals surface area contributed by atoms with Crippen LogP contribution in [-0.4, -0.2) is 14.4 Å². The van der Waals surface area contributed by atoms with Gasteiger partial charge in [0.15, 0.2) is 0 Å². The van der Waals surface area contributed by atoms with Gasteiger partial charge in [0.2, 0.25) is 8.32 Å². The fourth-order valence-electron chi connectivity index (χ4n) is 4.92. The van der Waals surface area contributed by atoms with Gasteiger partial charge in [-0.15, -0.1) is 0 Å². The number of rotatable bonds is 6. The zero-order chi connectivity index (χ0) is 16.4. The van der Waals surface area contributed by atoms with E-state index in [0.29, 0.717) is 22.7 Å². The van der Waals surface area contributed by atoms with Crippen molar-refractivity contribution in [2.75, 3.05) is 0 Å². The smallest absolute Gasteiger partial charge is 0.200 e. The molecular formula is C19H40OSi. The summed E-state index contributed by atoms with van der Waals surface area (Å²) in [7, 11) is -1.73. The Morgan fingerprint density at radius 2 is 1.29 bits per heavy atom. The van der Waals surface area contributed by atoms with E-state index >= 15 is 0 Å². The van der Waals surface area contributed by atoms with E-state index in [-0.39, 0.29) is 0 Å². The van der Waals surface area contributed by atoms with Crippen LogP contribution in [0.25, 0.3) is 0 Å². The molecule has 2 heteroatoms. The maximum atomic E-state index is 7.15. The Labute approximate surface area is 135 Å². The third-order valence-corrected chi connectivity index (χ3v) is 12.1. The Balaban J connectivity index is 3.04. The second-order valence-corrected chi connectivity index (χ2v) is 14.2. The van der Waals surface area contributed by atoms with Crippen molar-refractivity contribution < 1.29 is 4.43 Å². The standard InChI is InChI=1S/C19H40OSi/c1-13(2)18-11-10-17(9)12-19(18)20-21(14(3)4,15(5)6)16(7)8/h13-19H,10-12H2,1-9H3/t17-,18+,19-/m1/s1. The van der Waals surface area contributed by atoms with E-state index in [1.807, 2.05) is 0 Å². The molecule has 0 aromatic heterocycles. The third-order valence-electron chi connectivity index (χ3n) is 6.02. The first-order valence-electron chi connectivity index (χ1n) is 9.30. The molecule has 21 heavy (non-hydrogen) atoms. The van der Waals surface area contributed by atoms with Crippen LogP contribution in [0.5, 0.6) is 0 Å². The predicted octanol–water partition coefficient (Wildman–Crippen LogP) is 6.64. The van der Waals surface area contributed by atoms with Crippen molar-refractivity contribution in [1.82, 2.24) is 0 Å². The minimum Gasteiger partial charge on any atom is -0.413 e. The Hall–Kier alpha value is 0.177. The second kappa shape index (κ2) is 7.63. The molecule has 0 saturated heterocycles. The summed E-state index contributed by atoms with van der Waals surface area (Å²) in [5.41, 5.74) is 2.09. The van der Waals surface area contributed by atoms with Gasteiger partial charge in [-0.1, -0.05) is 68.7 Å². The Morgan fingerprint density at radius 3 is 1.67 bits per heavy atom. The Kier molecular flexibility index (Phi) is 6.99. The molecule has 1 aliphatic rings. The molecule has 0 unspecified atom stereocenters. The van der Waals surface area contributed by atoms with Gasteiger partial charge in [-0.2, -0.15) is 0 Å². The highest BCUT2D eigenvalue weighted by molar-refractivity contribution is 6.77. The number of hydrogen-bond acceptors (Lipinski definition) is 1. The molecule has 1 fully saturated rings. The Bertz CT molecular complexity index is 287. The van der Waals surface area contributed by atoms with Gasteiger partial charge < -0.3 is 4.43 Å². The summed E-state index contributed by atoms with van der Waals surface area (Å²) in [4.78, 5) is 0. The first-order chi connectivity index (χ1) is 9.62. The van der Waals surface area contributed by atoms with E-state index in [1.54, 1.807) is 0 Å². The minimum absolute atomic E-state index is 0.507. The summed E-state index contributed by atoms with van der Waals surface area (Å²) in [6, 6.07) is 0. The topological polar surface area (TPSA) is 9.23 Å². The van der Waals surface area contributed by atoms with Crippen LogP contribution in [0.1, 0.15) is 81.6 Å². The fraction of sp³-hybridized carbons (Fsp3) is 1.00. The zero-order valence-electron chi connectivity index (χ0n) is 16.1. The molecule has 0 bridgehead atoms. The van der Waals surface area contributed by atoms with Crippen molar-refractivity contribution in [3.05, 3.63) is 0 Å². The lowest BCUT2D eigenvalue weighted by Crippen LogP contribution is -2.52. The molecule has 3 atom stereocenters. The van der Waals surface area contributed by atoms with E-state index in [2.05, 4.69) is 62.3 Å². The van der Waals surface area contributed by atoms with E-state index in [1.165, 1.54) is 19.3 Å². The van der Waals surface area contributed by atoms with Gasteiger partial charge >= 0.3 is 0 Å². The van der Waals surface area contributed by atoms with E-state index in [0.717, 1.165) is 17.8 Å². The molecule has 0 aliphatic heterocycles. The van der Waals surface area contributed by atoms with Crippen LogP contribution in [0.3, 0.4) is 0 Å². The third kappa shape index (κ3) is 4.13. The molecule has 126 valence electrons. The van der Waals surface area contributed by atoms with Crippen molar-refractivity contribution in [2.45, 2.75) is 104 Å². The van der Waals surface area contributed by atoms with Gasteiger partial charge in [0.25, 0.3) is 0 Å². The molecule has 0 aromatic rings. The largest absolute Gasteiger partial charge is 0.413 e. The van der Waals surface area contributed by atoms with Crippen LogP contribution >= 0.6 is 0 Å². The molecule has 1 nitrogen and oxygen atoms in total. The first-order valence-corrected chi connectivity index (χ1v) is 11.4. The predicted molar refractivity (Wildman–Crippen MR) is 97.3 cm³/mol. The number of hydrogen-bond donors (Lipinski definition) is 0. The molecule has 1 rings (SSSR count). The van der Waals surface area contributed by atoms with E-state index in [9.17, 15) is 0 Å². The van der Waals surface area contributed by atoms with Gasteiger partial charge in [-0.05, 0) is 47.2 Å². The van der Waals surface area contributed by atoms with Gasteiger partial charge in [-0.3, -0.25) is 0 Å². The van der Waals surface area contributed by atoms with Gasteiger partial charge in [0, 0.05) is 6.10 Å². The van der Waals surface area contributed by atoms with Crippen LogP contribution in [0.4, 0.5) is 0 Å². The van der Waals surface area contributed by atoms with Crippen molar-refractivity contribution in [1.29, 1.82) is 0 Å². The normalized spacial score (nSPS) is 28.1. The lowest BCUT2D eigenvalue weighted by Gasteiger charge is -2.48. The van der Waals surface area contributed by atoms with Crippen LogP contribution in [0, 0.1) is 17.8 Å². The molecule has 1 saturated carbocycles. The highest BCUT2D eigenvalue weighted by Crippen LogP contribution is 2.46. The summed E-state index contributed by atoms with van der Waals surface area (Å²) >= 11 is 0. The molecule has 1 aliphatic carbocycles. The highest BCUT2D eigenvalue weighted by Gasteiger charge is 2.48. The summed E-state index contributed by atoms with van der Waals surface area (Å²) in [6.45, 7) is 21.6. The lowest BCUT2D eigenvalue weighted by atomic mass is 9.75. The van der Waals surface area contributed by atoms with Crippen molar-refractivity contribution in [3.63, 3.8) is 0 Å². The highest BCUT2D eigenvalue weighted by atomic mass is 28.4. The van der Waals surface area contributed by atoms with Gasteiger partial charge in [0.05, 0.1) is 0 Å². The SMILES string of the molecule is CC(C)[C@@H]1CC[C@@H](C)C[C@H]1O[Si](C(C)C)(C(C)C)C(C)C. The van der Waals surface area contributed by atoms with Crippen molar-refractivity contribution in [2.24, 2.45) is 17.8 Å². The molecule has 0 aromatic carbocycles. The van der Waals surface area contributed by atoms with Crippen LogP contribution < -0.4 is 0 Å². The first kappa shape index (κ1) is 19.2.